The minimum Gasteiger partial charge on any atom is -0.315 e. The molecule has 2 unspecified atom stereocenters. The lowest BCUT2D eigenvalue weighted by Crippen LogP contribution is -2.54. The fourth-order valence-corrected chi connectivity index (χ4v) is 3.41. The first kappa shape index (κ1) is 15.2. The van der Waals surface area contributed by atoms with E-state index in [4.69, 9.17) is 0 Å². The monoisotopic (exact) mass is 268 g/mol. The second kappa shape index (κ2) is 6.53. The van der Waals surface area contributed by atoms with Crippen molar-refractivity contribution >= 4 is 0 Å². The third-order valence-corrected chi connectivity index (χ3v) is 4.93. The zero-order valence-corrected chi connectivity index (χ0v) is 13.2. The van der Waals surface area contributed by atoms with Crippen LogP contribution in [0.3, 0.4) is 0 Å². The van der Waals surface area contributed by atoms with E-state index in [2.05, 4.69) is 48.4 Å². The molecule has 0 aromatic carbocycles. The molecular weight excluding hydrogens is 236 g/mol. The molecule has 2 N–H and O–H groups in total. The van der Waals surface area contributed by atoms with Crippen molar-refractivity contribution in [2.24, 2.45) is 11.3 Å². The number of hydrogen-bond donors (Lipinski definition) is 2. The molecule has 0 saturated carbocycles. The fourth-order valence-electron chi connectivity index (χ4n) is 3.41. The Labute approximate surface area is 118 Å². The van der Waals surface area contributed by atoms with Gasteiger partial charge in [-0.2, -0.15) is 0 Å². The van der Waals surface area contributed by atoms with Gasteiger partial charge in [0.15, 0.2) is 0 Å². The van der Waals surface area contributed by atoms with E-state index in [0.717, 1.165) is 25.6 Å². The second-order valence-corrected chi connectivity index (χ2v) is 7.28. The van der Waals surface area contributed by atoms with Crippen LogP contribution < -0.4 is 10.6 Å². The smallest absolute Gasteiger partial charge is 0.0320 e. The number of hydrogen-bond acceptors (Lipinski definition) is 4. The number of likely N-dealkylation sites (N-methyl/N-ethyl adjacent to an activating group) is 1. The standard InChI is InChI=1S/C15H32N4/c1-15(2,13-5-7-18(3)10-13)12-16-9-14-11-19(4)8-6-17-14/h13-14,16-17H,5-12H2,1-4H3. The zero-order valence-electron chi connectivity index (χ0n) is 13.2. The number of likely N-dealkylation sites (tertiary alicyclic amines) is 1. The van der Waals surface area contributed by atoms with Gasteiger partial charge in [0, 0.05) is 45.3 Å². The summed E-state index contributed by atoms with van der Waals surface area (Å²) in [6.45, 7) is 13.1. The Morgan fingerprint density at radius 1 is 1.16 bits per heavy atom. The van der Waals surface area contributed by atoms with Gasteiger partial charge in [-0.25, -0.2) is 0 Å². The van der Waals surface area contributed by atoms with Crippen molar-refractivity contribution in [3.8, 4) is 0 Å². The van der Waals surface area contributed by atoms with Crippen molar-refractivity contribution in [2.45, 2.75) is 26.3 Å². The molecule has 2 aliphatic rings. The van der Waals surface area contributed by atoms with Crippen LogP contribution >= 0.6 is 0 Å². The van der Waals surface area contributed by atoms with Crippen molar-refractivity contribution in [3.05, 3.63) is 0 Å². The highest BCUT2D eigenvalue weighted by Gasteiger charge is 2.33. The molecule has 112 valence electrons. The molecule has 0 aliphatic carbocycles. The first-order valence-electron chi connectivity index (χ1n) is 7.78. The highest BCUT2D eigenvalue weighted by molar-refractivity contribution is 4.88. The molecule has 19 heavy (non-hydrogen) atoms. The Hall–Kier alpha value is -0.160. The topological polar surface area (TPSA) is 30.5 Å². The summed E-state index contributed by atoms with van der Waals surface area (Å²) in [6.07, 6.45) is 1.36. The van der Waals surface area contributed by atoms with Crippen LogP contribution in [0.1, 0.15) is 20.3 Å². The maximum absolute atomic E-state index is 3.70. The Morgan fingerprint density at radius 3 is 2.53 bits per heavy atom. The molecule has 0 spiro atoms. The van der Waals surface area contributed by atoms with Gasteiger partial charge >= 0.3 is 0 Å². The summed E-state index contributed by atoms with van der Waals surface area (Å²) in [4.78, 5) is 4.88. The summed E-state index contributed by atoms with van der Waals surface area (Å²) in [5, 5.41) is 7.30. The fraction of sp³-hybridized carbons (Fsp3) is 1.00. The van der Waals surface area contributed by atoms with Crippen LogP contribution in [0.2, 0.25) is 0 Å². The molecule has 4 heteroatoms. The highest BCUT2D eigenvalue weighted by atomic mass is 15.2. The van der Waals surface area contributed by atoms with Crippen LogP contribution in [-0.4, -0.2) is 75.8 Å². The second-order valence-electron chi connectivity index (χ2n) is 7.28. The molecule has 2 fully saturated rings. The van der Waals surface area contributed by atoms with Crippen molar-refractivity contribution in [1.82, 2.24) is 20.4 Å². The summed E-state index contributed by atoms with van der Waals surface area (Å²) >= 11 is 0. The molecule has 0 amide bonds. The van der Waals surface area contributed by atoms with Crippen LogP contribution in [0.4, 0.5) is 0 Å². The third kappa shape index (κ3) is 4.42. The van der Waals surface area contributed by atoms with E-state index < -0.39 is 0 Å². The average molecular weight is 268 g/mol. The zero-order chi connectivity index (χ0) is 13.9. The van der Waals surface area contributed by atoms with Gasteiger partial charge < -0.3 is 20.4 Å². The van der Waals surface area contributed by atoms with Gasteiger partial charge in [0.25, 0.3) is 0 Å². The largest absolute Gasteiger partial charge is 0.315 e. The van der Waals surface area contributed by atoms with Gasteiger partial charge in [-0.3, -0.25) is 0 Å². The predicted octanol–water partition coefficient (Wildman–Crippen LogP) is 0.458. The van der Waals surface area contributed by atoms with E-state index >= 15 is 0 Å². The summed E-state index contributed by atoms with van der Waals surface area (Å²) in [5.74, 6) is 0.840. The summed E-state index contributed by atoms with van der Waals surface area (Å²) < 4.78 is 0. The molecule has 4 nitrogen and oxygen atoms in total. The van der Waals surface area contributed by atoms with Gasteiger partial charge in [-0.15, -0.1) is 0 Å². The lowest BCUT2D eigenvalue weighted by atomic mass is 9.78. The van der Waals surface area contributed by atoms with Crippen LogP contribution in [0.5, 0.6) is 0 Å². The van der Waals surface area contributed by atoms with E-state index in [-0.39, 0.29) is 0 Å². The predicted molar refractivity (Wildman–Crippen MR) is 81.5 cm³/mol. The van der Waals surface area contributed by atoms with Gasteiger partial charge in [-0.1, -0.05) is 13.8 Å². The quantitative estimate of drug-likeness (QED) is 0.758. The van der Waals surface area contributed by atoms with Gasteiger partial charge in [-0.05, 0) is 38.4 Å². The van der Waals surface area contributed by atoms with Gasteiger partial charge in [0.1, 0.15) is 0 Å². The molecular formula is C15H32N4. The van der Waals surface area contributed by atoms with E-state index in [0.29, 0.717) is 11.5 Å². The number of rotatable bonds is 5. The summed E-state index contributed by atoms with van der Waals surface area (Å²) in [6, 6.07) is 0.612. The lowest BCUT2D eigenvalue weighted by molar-refractivity contribution is 0.193. The number of nitrogens with one attached hydrogen (secondary N) is 2. The molecule has 0 bridgehead atoms. The first-order chi connectivity index (χ1) is 8.97. The van der Waals surface area contributed by atoms with Gasteiger partial charge in [0.2, 0.25) is 0 Å². The number of piperazine rings is 1. The van der Waals surface area contributed by atoms with Crippen LogP contribution in [-0.2, 0) is 0 Å². The average Bonchev–Trinajstić information content (AvgIpc) is 2.76. The van der Waals surface area contributed by atoms with Crippen molar-refractivity contribution in [1.29, 1.82) is 0 Å². The Bertz CT molecular complexity index is 279. The number of nitrogens with zero attached hydrogens (tertiary/aromatic N) is 2. The van der Waals surface area contributed by atoms with E-state index in [1.165, 1.54) is 32.6 Å². The molecule has 2 atom stereocenters. The van der Waals surface area contributed by atoms with E-state index in [9.17, 15) is 0 Å². The minimum absolute atomic E-state index is 0.408. The van der Waals surface area contributed by atoms with Crippen molar-refractivity contribution in [3.63, 3.8) is 0 Å². The lowest BCUT2D eigenvalue weighted by Gasteiger charge is -2.34. The van der Waals surface area contributed by atoms with Crippen LogP contribution in [0, 0.1) is 11.3 Å². The Morgan fingerprint density at radius 2 is 1.89 bits per heavy atom. The normalized spacial score (nSPS) is 30.9. The SMILES string of the molecule is CN1CCNC(CNCC(C)(C)C2CCN(C)C2)C1. The molecule has 2 rings (SSSR count). The van der Waals surface area contributed by atoms with E-state index in [1.807, 2.05) is 0 Å². The van der Waals surface area contributed by atoms with Crippen molar-refractivity contribution in [2.75, 3.05) is 59.9 Å². The molecule has 0 aromatic heterocycles. The van der Waals surface area contributed by atoms with Gasteiger partial charge in [0.05, 0.1) is 0 Å². The minimum atomic E-state index is 0.408. The molecule has 0 radical (unpaired) electrons. The molecule has 0 aromatic rings. The first-order valence-corrected chi connectivity index (χ1v) is 7.78. The van der Waals surface area contributed by atoms with E-state index in [1.54, 1.807) is 0 Å². The maximum atomic E-state index is 3.70. The Kier molecular flexibility index (Phi) is 5.23. The summed E-state index contributed by atoms with van der Waals surface area (Å²) in [5.41, 5.74) is 0.408. The van der Waals surface area contributed by atoms with Crippen LogP contribution in [0.15, 0.2) is 0 Å². The molecule has 2 aliphatic heterocycles. The molecule has 2 heterocycles. The highest BCUT2D eigenvalue weighted by Crippen LogP contribution is 2.33. The third-order valence-electron chi connectivity index (χ3n) is 4.93. The Balaban J connectivity index is 1.69. The van der Waals surface area contributed by atoms with Crippen LogP contribution in [0.25, 0.3) is 0 Å². The molecule has 2 saturated heterocycles. The van der Waals surface area contributed by atoms with Crippen molar-refractivity contribution < 1.29 is 0 Å². The maximum Gasteiger partial charge on any atom is 0.0320 e. The summed E-state index contributed by atoms with van der Waals surface area (Å²) in [7, 11) is 4.46.